The number of nitrogens with zero attached hydrogens (tertiary/aromatic N) is 5. The van der Waals surface area contributed by atoms with E-state index in [0.29, 0.717) is 51.3 Å². The third-order valence-electron chi connectivity index (χ3n) is 5.81. The van der Waals surface area contributed by atoms with Crippen LogP contribution in [0.3, 0.4) is 0 Å². The van der Waals surface area contributed by atoms with Crippen molar-refractivity contribution < 1.29 is 28.7 Å². The van der Waals surface area contributed by atoms with Crippen LogP contribution >= 0.6 is 0 Å². The molecule has 0 radical (unpaired) electrons. The average Bonchev–Trinajstić information content (AvgIpc) is 2.91. The van der Waals surface area contributed by atoms with Crippen LogP contribution in [-0.4, -0.2) is 71.3 Å². The van der Waals surface area contributed by atoms with Gasteiger partial charge in [-0.3, -0.25) is 9.59 Å². The fourth-order valence-corrected chi connectivity index (χ4v) is 3.88. The molecule has 0 aromatic heterocycles. The molecule has 0 aromatic carbocycles. The van der Waals surface area contributed by atoms with Crippen LogP contribution in [0.2, 0.25) is 0 Å². The van der Waals surface area contributed by atoms with Gasteiger partial charge < -0.3 is 10.1 Å². The number of hydrogen-bond donors (Lipinski definition) is 1. The van der Waals surface area contributed by atoms with Gasteiger partial charge in [-0.2, -0.15) is 9.98 Å². The predicted molar refractivity (Wildman–Crippen MR) is 142 cm³/mol. The molecule has 3 atom stereocenters. The molecule has 0 heterocycles. The zero-order valence-electron chi connectivity index (χ0n) is 23.0. The molecule has 0 rings (SSSR count). The number of hydrazine groups is 2. The van der Waals surface area contributed by atoms with E-state index >= 15 is 0 Å². The number of carbonyl (C=O) groups excluding carboxylic acids is 5. The number of aliphatic imine (C=N–C) groups is 2. The van der Waals surface area contributed by atoms with Gasteiger partial charge in [0, 0.05) is 0 Å². The van der Waals surface area contributed by atoms with Gasteiger partial charge in [-0.05, 0) is 38.5 Å². The normalized spacial score (nSPS) is 12.7. The van der Waals surface area contributed by atoms with Crippen LogP contribution in [0, 0.1) is 0 Å². The second kappa shape index (κ2) is 22.8. The summed E-state index contributed by atoms with van der Waals surface area (Å²) in [6, 6.07) is 0. The van der Waals surface area contributed by atoms with Crippen molar-refractivity contribution in [3.63, 3.8) is 0 Å². The summed E-state index contributed by atoms with van der Waals surface area (Å²) >= 11 is 0. The summed E-state index contributed by atoms with van der Waals surface area (Å²) in [6.45, 7) is 9.51. The van der Waals surface area contributed by atoms with Gasteiger partial charge in [0.25, 0.3) is 0 Å². The second-order valence-electron chi connectivity index (χ2n) is 8.73. The quantitative estimate of drug-likeness (QED) is 0.0368. The lowest BCUT2D eigenvalue weighted by atomic mass is 10.1. The summed E-state index contributed by atoms with van der Waals surface area (Å²) in [5.74, 6) is 0. The molecule has 0 aliphatic carbocycles. The Morgan fingerprint density at radius 1 is 0.842 bits per heavy atom. The molecule has 12 heteroatoms. The number of amides is 3. The van der Waals surface area contributed by atoms with Crippen molar-refractivity contribution in [2.24, 2.45) is 9.98 Å². The van der Waals surface area contributed by atoms with Gasteiger partial charge in [0.1, 0.15) is 12.8 Å². The molecular formula is C26H44N6O6. The van der Waals surface area contributed by atoms with E-state index in [0.717, 1.165) is 48.5 Å². The first-order valence-electron chi connectivity index (χ1n) is 13.4. The number of carbonyl (C=O) groups is 3. The highest BCUT2D eigenvalue weighted by atomic mass is 16.5. The van der Waals surface area contributed by atoms with Gasteiger partial charge in [0.05, 0.1) is 0 Å². The zero-order chi connectivity index (χ0) is 28.6. The number of alkyl carbamates (subject to hydrolysis) is 1. The summed E-state index contributed by atoms with van der Waals surface area (Å²) < 4.78 is 5.10. The van der Waals surface area contributed by atoms with Crippen LogP contribution in [0.4, 0.5) is 4.79 Å². The Labute approximate surface area is 226 Å². The smallest absolute Gasteiger partial charge is 0.408 e. The highest BCUT2D eigenvalue weighted by Gasteiger charge is 2.37. The number of isocyanates is 2. The molecule has 0 aliphatic rings. The highest BCUT2D eigenvalue weighted by Crippen LogP contribution is 2.23. The number of hydrogen-bond acceptors (Lipinski definition) is 9. The van der Waals surface area contributed by atoms with Crippen LogP contribution < -0.4 is 5.32 Å². The summed E-state index contributed by atoms with van der Waals surface area (Å²) in [5, 5.41) is 6.08. The fourth-order valence-electron chi connectivity index (χ4n) is 3.88. The summed E-state index contributed by atoms with van der Waals surface area (Å²) in [7, 11) is 0. The number of rotatable bonds is 24. The van der Waals surface area contributed by atoms with E-state index in [-0.39, 0.29) is 6.61 Å². The number of unbranched alkanes of at least 4 members (excludes halogenated alkanes) is 6. The van der Waals surface area contributed by atoms with Gasteiger partial charge in [0.2, 0.25) is 25.0 Å². The largest absolute Gasteiger partial charge is 0.445 e. The Bertz CT molecular complexity index is 740. The van der Waals surface area contributed by atoms with Gasteiger partial charge in [-0.25, -0.2) is 24.4 Å². The molecule has 12 nitrogen and oxygen atoms in total. The monoisotopic (exact) mass is 536 g/mol. The summed E-state index contributed by atoms with van der Waals surface area (Å²) in [6.07, 6.45) is 9.52. The van der Waals surface area contributed by atoms with E-state index in [2.05, 4.69) is 21.9 Å². The Morgan fingerprint density at radius 2 is 1.29 bits per heavy atom. The van der Waals surface area contributed by atoms with Crippen molar-refractivity contribution in [1.82, 2.24) is 20.5 Å². The fraction of sp³-hybridized carbons (Fsp3) is 0.731. The minimum Gasteiger partial charge on any atom is -0.445 e. The van der Waals surface area contributed by atoms with Crippen LogP contribution in [0.15, 0.2) is 22.6 Å². The minimum atomic E-state index is -1.00. The van der Waals surface area contributed by atoms with E-state index in [4.69, 9.17) is 4.74 Å². The molecule has 0 bridgehead atoms. The van der Waals surface area contributed by atoms with E-state index in [9.17, 15) is 24.0 Å². The Kier molecular flexibility index (Phi) is 20.8. The lowest BCUT2D eigenvalue weighted by Gasteiger charge is -2.46. The van der Waals surface area contributed by atoms with Crippen molar-refractivity contribution >= 4 is 31.1 Å². The molecule has 1 N–H and O–H groups in total. The molecule has 0 aromatic rings. The summed E-state index contributed by atoms with van der Waals surface area (Å²) in [5.41, 5.74) is 0. The van der Waals surface area contributed by atoms with E-state index in [1.165, 1.54) is 23.4 Å². The van der Waals surface area contributed by atoms with Crippen molar-refractivity contribution in [3.05, 3.63) is 12.7 Å². The first kappa shape index (κ1) is 34.7. The molecule has 3 unspecified atom stereocenters. The van der Waals surface area contributed by atoms with Crippen LogP contribution in [0.1, 0.15) is 97.8 Å². The molecule has 0 saturated carbocycles. The predicted octanol–water partition coefficient (Wildman–Crippen LogP) is 4.34. The SMILES string of the molecule is C=CCOC(=O)NC(CCCCC)N(N(C=O)C(CCCCC)N=C=O)N(C=O)C(CCCCC)N=C=O. The number of nitrogens with one attached hydrogen (secondary N) is 1. The standard InChI is InChI=1S/C26H44N6O6/c1-5-9-12-15-23(27-19-33)30(21-35)32(31(22-36)24(28-20-34)16-13-10-6-2)25(17-14-11-7-3)29-26(37)38-18-8-4/h8,21-25H,4-7,9-18H2,1-3H3,(H,29,37). The Hall–Kier alpha value is -3.33. The highest BCUT2D eigenvalue weighted by molar-refractivity contribution is 5.67. The topological polar surface area (TPSA) is 141 Å². The van der Waals surface area contributed by atoms with Gasteiger partial charge in [0.15, 0.2) is 12.3 Å². The van der Waals surface area contributed by atoms with Crippen molar-refractivity contribution in [3.8, 4) is 0 Å². The third-order valence-corrected chi connectivity index (χ3v) is 5.81. The van der Waals surface area contributed by atoms with Gasteiger partial charge >= 0.3 is 6.09 Å². The second-order valence-corrected chi connectivity index (χ2v) is 8.73. The molecule has 38 heavy (non-hydrogen) atoms. The van der Waals surface area contributed by atoms with E-state index in [1.807, 2.05) is 20.8 Å². The lowest BCUT2D eigenvalue weighted by molar-refractivity contribution is -0.226. The molecule has 214 valence electrons. The van der Waals surface area contributed by atoms with Crippen molar-refractivity contribution in [2.75, 3.05) is 6.61 Å². The molecule has 0 aliphatic heterocycles. The minimum absolute atomic E-state index is 0.0491. The first-order valence-corrected chi connectivity index (χ1v) is 13.4. The third kappa shape index (κ3) is 13.3. The first-order chi connectivity index (χ1) is 18.5. The average molecular weight is 537 g/mol. The maximum absolute atomic E-state index is 12.6. The van der Waals surface area contributed by atoms with Gasteiger partial charge in [-0.15, -0.1) is 5.12 Å². The Balaban J connectivity index is 6.73. The number of ether oxygens (including phenoxy) is 1. The summed E-state index contributed by atoms with van der Waals surface area (Å²) in [4.78, 5) is 68.0. The molecule has 0 spiro atoms. The van der Waals surface area contributed by atoms with Crippen LogP contribution in [-0.2, 0) is 23.9 Å². The molecule has 0 saturated heterocycles. The maximum atomic E-state index is 12.6. The lowest BCUT2D eigenvalue weighted by Crippen LogP contribution is -2.66. The maximum Gasteiger partial charge on any atom is 0.408 e. The molecular weight excluding hydrogens is 492 g/mol. The van der Waals surface area contributed by atoms with E-state index in [1.54, 1.807) is 0 Å². The molecule has 3 amide bonds. The van der Waals surface area contributed by atoms with Crippen molar-refractivity contribution in [1.29, 1.82) is 0 Å². The van der Waals surface area contributed by atoms with Crippen LogP contribution in [0.5, 0.6) is 0 Å². The molecule has 0 fully saturated rings. The van der Waals surface area contributed by atoms with E-state index < -0.39 is 24.6 Å². The van der Waals surface area contributed by atoms with Gasteiger partial charge in [-0.1, -0.05) is 72.0 Å². The zero-order valence-corrected chi connectivity index (χ0v) is 23.0. The van der Waals surface area contributed by atoms with Crippen molar-refractivity contribution in [2.45, 2.75) is 116 Å². The van der Waals surface area contributed by atoms with Crippen LogP contribution in [0.25, 0.3) is 0 Å². The Morgan fingerprint density at radius 3 is 1.66 bits per heavy atom.